The Balaban J connectivity index is 0.00000326. The van der Waals surface area contributed by atoms with Gasteiger partial charge in [-0.1, -0.05) is 19.9 Å². The average Bonchev–Trinajstić information content (AvgIpc) is 3.91. The smallest absolute Gasteiger partial charge is 0.332 e. The molecule has 0 amide bonds. The molecule has 3 aliphatic heterocycles. The molecule has 4 heterocycles. The Hall–Kier alpha value is -4.67. The van der Waals surface area contributed by atoms with Crippen molar-refractivity contribution in [2.24, 2.45) is 0 Å². The van der Waals surface area contributed by atoms with Crippen LogP contribution in [0.4, 0.5) is 0 Å². The summed E-state index contributed by atoms with van der Waals surface area (Å²) < 4.78 is 36.3. The molecular formula is C48H66N4O10S. The third-order valence-corrected chi connectivity index (χ3v) is 13.6. The van der Waals surface area contributed by atoms with E-state index < -0.39 is 23.5 Å². The summed E-state index contributed by atoms with van der Waals surface area (Å²) in [6, 6.07) is 6.69. The Bertz CT molecular complexity index is 2300. The van der Waals surface area contributed by atoms with E-state index in [0.717, 1.165) is 51.0 Å². The normalized spacial score (nSPS) is 20.1. The molecule has 4 N–H and O–H groups in total. The fraction of sp³-hybridized carbons (Fsp3) is 0.542. The van der Waals surface area contributed by atoms with Crippen LogP contribution in [0.5, 0.6) is 34.5 Å². The number of hydrogen-bond donors (Lipinski definition) is 4. The quantitative estimate of drug-likeness (QED) is 0.0744. The van der Waals surface area contributed by atoms with E-state index in [0.29, 0.717) is 84.3 Å². The van der Waals surface area contributed by atoms with Gasteiger partial charge in [0.05, 0.1) is 32.0 Å². The van der Waals surface area contributed by atoms with Gasteiger partial charge in [-0.2, -0.15) is 11.8 Å². The van der Waals surface area contributed by atoms with Gasteiger partial charge < -0.3 is 48.9 Å². The number of aromatic hydroxyl groups is 1. The Labute approximate surface area is 375 Å². The second kappa shape index (κ2) is 20.4. The number of H-pyrrole nitrogens is 1. The Morgan fingerprint density at radius 1 is 1.05 bits per heavy atom. The number of nitrogens with zero attached hydrogens (tertiary/aromatic N) is 2. The van der Waals surface area contributed by atoms with Gasteiger partial charge in [0, 0.05) is 71.6 Å². The third kappa shape index (κ3) is 8.79. The molecule has 3 aromatic carbocycles. The van der Waals surface area contributed by atoms with E-state index in [2.05, 4.69) is 32.4 Å². The van der Waals surface area contributed by atoms with Crippen molar-refractivity contribution in [2.75, 3.05) is 72.9 Å². The van der Waals surface area contributed by atoms with Gasteiger partial charge in [-0.15, -0.1) is 0 Å². The summed E-state index contributed by atoms with van der Waals surface area (Å²) in [5.74, 6) is 2.34. The Morgan fingerprint density at radius 3 is 2.46 bits per heavy atom. The summed E-state index contributed by atoms with van der Waals surface area (Å²) in [7, 11) is 5.10. The first-order valence-corrected chi connectivity index (χ1v) is 23.4. The molecule has 4 atom stereocenters. The predicted molar refractivity (Wildman–Crippen MR) is 246 cm³/mol. The number of aliphatic hydroxyl groups excluding tert-OH is 1. The highest BCUT2D eigenvalue weighted by atomic mass is 32.2. The molecule has 7 rings (SSSR count). The van der Waals surface area contributed by atoms with Crippen molar-refractivity contribution in [2.45, 2.75) is 97.8 Å². The molecular weight excluding hydrogens is 825 g/mol. The van der Waals surface area contributed by atoms with Gasteiger partial charge in [-0.3, -0.25) is 14.6 Å². The highest BCUT2D eigenvalue weighted by Crippen LogP contribution is 2.52. The average molecular weight is 891 g/mol. The van der Waals surface area contributed by atoms with E-state index in [-0.39, 0.29) is 37.8 Å². The number of aromatic amines is 1. The first-order chi connectivity index (χ1) is 30.3. The minimum Gasteiger partial charge on any atom is -0.504 e. The van der Waals surface area contributed by atoms with Crippen molar-refractivity contribution in [1.29, 1.82) is 0 Å². The van der Waals surface area contributed by atoms with Crippen molar-refractivity contribution < 1.29 is 48.2 Å². The lowest BCUT2D eigenvalue weighted by molar-refractivity contribution is -0.162. The topological polar surface area (TPSA) is 164 Å². The highest BCUT2D eigenvalue weighted by molar-refractivity contribution is 7.98. The van der Waals surface area contributed by atoms with Gasteiger partial charge >= 0.3 is 11.9 Å². The number of aromatic nitrogens is 1. The minimum absolute atomic E-state index is 0.0203. The van der Waals surface area contributed by atoms with Crippen molar-refractivity contribution in [3.63, 3.8) is 0 Å². The van der Waals surface area contributed by atoms with Crippen molar-refractivity contribution in [3.05, 3.63) is 68.9 Å². The summed E-state index contributed by atoms with van der Waals surface area (Å²) >= 11 is 1.68. The van der Waals surface area contributed by atoms with Crippen molar-refractivity contribution in [1.82, 2.24) is 20.1 Å². The number of carbonyl (C=O) groups excluding carboxylic acids is 2. The zero-order chi connectivity index (χ0) is 45.7. The number of hydrogen-bond acceptors (Lipinski definition) is 14. The van der Waals surface area contributed by atoms with Gasteiger partial charge in [0.1, 0.15) is 18.1 Å². The monoisotopic (exact) mass is 890 g/mol. The zero-order valence-electron chi connectivity index (χ0n) is 38.8. The zero-order valence-corrected chi connectivity index (χ0v) is 39.6. The largest absolute Gasteiger partial charge is 0.504 e. The summed E-state index contributed by atoms with van der Waals surface area (Å²) in [5.41, 5.74) is 6.11. The number of aliphatic hydroxyl groups is 1. The van der Waals surface area contributed by atoms with E-state index in [1.54, 1.807) is 26.0 Å². The van der Waals surface area contributed by atoms with Crippen LogP contribution in [0.25, 0.3) is 10.9 Å². The van der Waals surface area contributed by atoms with Crippen LogP contribution in [-0.2, 0) is 32.7 Å². The lowest BCUT2D eigenvalue weighted by atomic mass is 9.85. The second-order valence-electron chi connectivity index (χ2n) is 16.3. The van der Waals surface area contributed by atoms with E-state index in [1.165, 1.54) is 6.92 Å². The molecule has 1 aromatic heterocycles. The van der Waals surface area contributed by atoms with Crippen molar-refractivity contribution in [3.8, 4) is 34.5 Å². The first kappa shape index (κ1) is 47.8. The van der Waals surface area contributed by atoms with Crippen LogP contribution in [-0.4, -0.2) is 116 Å². The van der Waals surface area contributed by atoms with Crippen LogP contribution in [0.3, 0.4) is 0 Å². The molecule has 4 aromatic rings. The fourth-order valence-corrected chi connectivity index (χ4v) is 10.7. The number of benzene rings is 3. The standard InChI is InChI=1S/C46H60N4O10S.C2H6/c1-25-20-29-12-10-17-50(35(23-61-9)38(47-6)37(29)39(53)40(25)56-8)34(36-26(2)41(60-28(4)52)27(3)42-43(36)59-24-58-42)22-57-45(54)46(5)44-31(15-18-49(46)16-11-19-51)32-21-30(55-7)13-14-33(32)48-44;1-2/h13-14,20-21,34-35,38,47-48,51,53H,10-12,15-19,22-24H2,1-9H3;1-2H3/t34-,35?,38-,46?;/m0./s1. The molecule has 0 aliphatic carbocycles. The summed E-state index contributed by atoms with van der Waals surface area (Å²) in [4.78, 5) is 35.9. The van der Waals surface area contributed by atoms with Crippen LogP contribution in [0.1, 0.15) is 97.3 Å². The van der Waals surface area contributed by atoms with Crippen LogP contribution in [0, 0.1) is 20.8 Å². The molecule has 15 heteroatoms. The Morgan fingerprint density at radius 2 is 1.79 bits per heavy atom. The summed E-state index contributed by atoms with van der Waals surface area (Å²) in [6.45, 7) is 14.5. The number of phenolic OH excluding ortho intramolecular Hbond substituents is 1. The first-order valence-electron chi connectivity index (χ1n) is 22.0. The molecule has 2 unspecified atom stereocenters. The molecule has 0 saturated carbocycles. The van der Waals surface area contributed by atoms with Gasteiger partial charge in [-0.25, -0.2) is 4.79 Å². The number of methoxy groups -OCH3 is 2. The predicted octanol–water partition coefficient (Wildman–Crippen LogP) is 7.18. The van der Waals surface area contributed by atoms with Gasteiger partial charge in [0.15, 0.2) is 28.5 Å². The molecule has 3 aliphatic rings. The number of nitrogens with one attached hydrogen (secondary N) is 2. The van der Waals surface area contributed by atoms with E-state index in [9.17, 15) is 15.0 Å². The van der Waals surface area contributed by atoms with Gasteiger partial charge in [0.25, 0.3) is 0 Å². The van der Waals surface area contributed by atoms with Gasteiger partial charge in [-0.05, 0) is 108 Å². The number of phenols is 1. The van der Waals surface area contributed by atoms with E-state index in [4.69, 9.17) is 28.4 Å². The minimum atomic E-state index is -1.24. The number of likely N-dealkylation sites (N-methyl/N-ethyl adjacent to an activating group) is 1. The number of ether oxygens (including phenoxy) is 6. The molecule has 0 fully saturated rings. The molecule has 0 saturated heterocycles. The molecule has 344 valence electrons. The second-order valence-corrected chi connectivity index (χ2v) is 17.2. The molecule has 14 nitrogen and oxygen atoms in total. The molecule has 0 radical (unpaired) electrons. The summed E-state index contributed by atoms with van der Waals surface area (Å²) in [5, 5.41) is 26.4. The number of rotatable bonds is 14. The van der Waals surface area contributed by atoms with Gasteiger partial charge in [0.2, 0.25) is 6.79 Å². The number of fused-ring (bicyclic) bond motifs is 5. The van der Waals surface area contributed by atoms with Crippen LogP contribution in [0.15, 0.2) is 24.3 Å². The maximum atomic E-state index is 15.2. The van der Waals surface area contributed by atoms with E-state index >= 15 is 4.79 Å². The maximum Gasteiger partial charge on any atom is 0.332 e. The van der Waals surface area contributed by atoms with Crippen LogP contribution < -0.4 is 29.0 Å². The SMILES string of the molecule is CC.CN[C@@H]1c2c(cc(C)c(OC)c2O)CCCN([C@@H](COC(=O)C2(C)c3[nH]c4ccc(OC)cc4c3CCN2CCCO)c2c(C)c(OC(C)=O)c(C)c3c2OCO3)C1CSC. The van der Waals surface area contributed by atoms with E-state index in [1.807, 2.05) is 66.8 Å². The number of aryl methyl sites for hydroxylation is 2. The molecule has 0 bridgehead atoms. The van der Waals surface area contributed by atoms with Crippen molar-refractivity contribution >= 4 is 34.6 Å². The number of esters is 2. The third-order valence-electron chi connectivity index (χ3n) is 12.9. The summed E-state index contributed by atoms with van der Waals surface area (Å²) in [6.07, 6.45) is 4.63. The number of thioether (sulfide) groups is 1. The van der Waals surface area contributed by atoms with Crippen LogP contribution in [0.2, 0.25) is 0 Å². The lowest BCUT2D eigenvalue weighted by Crippen LogP contribution is -2.55. The van der Waals surface area contributed by atoms with Crippen LogP contribution >= 0.6 is 11.8 Å². The number of carbonyl (C=O) groups is 2. The lowest BCUT2D eigenvalue weighted by Gasteiger charge is -2.45. The Kier molecular flexibility index (Phi) is 15.5. The highest BCUT2D eigenvalue weighted by Gasteiger charge is 2.49. The maximum absolute atomic E-state index is 15.2. The molecule has 0 spiro atoms. The fourth-order valence-electron chi connectivity index (χ4n) is 10.0. The molecule has 63 heavy (non-hydrogen) atoms.